The summed E-state index contributed by atoms with van der Waals surface area (Å²) in [5.41, 5.74) is 4.31. The van der Waals surface area contributed by atoms with Crippen LogP contribution in [0.5, 0.6) is 0 Å². The van der Waals surface area contributed by atoms with Crippen molar-refractivity contribution in [3.05, 3.63) is 89.1 Å². The van der Waals surface area contributed by atoms with Crippen LogP contribution in [0.2, 0.25) is 0 Å². The molecule has 3 rings (SSSR count). The molecule has 1 heterocycles. The van der Waals surface area contributed by atoms with Crippen molar-refractivity contribution in [3.63, 3.8) is 0 Å². The summed E-state index contributed by atoms with van der Waals surface area (Å²) in [6.07, 6.45) is 1.72. The molecule has 1 aliphatic heterocycles. The molecule has 2 nitrogen and oxygen atoms in total. The van der Waals surface area contributed by atoms with Crippen molar-refractivity contribution in [1.29, 1.82) is 0 Å². The molecule has 2 aromatic carbocycles. The van der Waals surface area contributed by atoms with Crippen molar-refractivity contribution < 1.29 is 4.79 Å². The number of halogens is 1. The summed E-state index contributed by atoms with van der Waals surface area (Å²) >= 11 is 2.34. The molecule has 0 aromatic heterocycles. The van der Waals surface area contributed by atoms with E-state index in [1.807, 2.05) is 60.4 Å². The number of carbonyl (C=O) groups excluding carboxylic acids is 1. The Morgan fingerprint density at radius 1 is 1.00 bits per heavy atom. The van der Waals surface area contributed by atoms with Gasteiger partial charge in [-0.2, -0.15) is 0 Å². The van der Waals surface area contributed by atoms with Gasteiger partial charge in [-0.25, -0.2) is 0 Å². The summed E-state index contributed by atoms with van der Waals surface area (Å²) in [6, 6.07) is 20.3. The number of nitrogens with zero attached hydrogens (tertiary/aromatic N) is 1. The Kier molecular flexibility index (Phi) is 4.43. The predicted octanol–water partition coefficient (Wildman–Crippen LogP) is 4.78. The summed E-state index contributed by atoms with van der Waals surface area (Å²) in [6.45, 7) is 2.60. The summed E-state index contributed by atoms with van der Waals surface area (Å²) in [7, 11) is 0. The third-order valence-electron chi connectivity index (χ3n) is 3.67. The van der Waals surface area contributed by atoms with Gasteiger partial charge in [0.15, 0.2) is 0 Å². The van der Waals surface area contributed by atoms with Crippen molar-refractivity contribution in [2.24, 2.45) is 0 Å². The highest BCUT2D eigenvalue weighted by Crippen LogP contribution is 2.36. The summed E-state index contributed by atoms with van der Waals surface area (Å²) in [4.78, 5) is 14.2. The van der Waals surface area contributed by atoms with Gasteiger partial charge in [0.05, 0.1) is 12.2 Å². The van der Waals surface area contributed by atoms with Crippen molar-refractivity contribution in [2.75, 3.05) is 0 Å². The zero-order valence-electron chi connectivity index (χ0n) is 12.3. The van der Waals surface area contributed by atoms with E-state index in [4.69, 9.17) is 0 Å². The molecule has 2 aromatic rings. The average molecular weight is 401 g/mol. The van der Waals surface area contributed by atoms with Gasteiger partial charge in [-0.15, -0.1) is 0 Å². The number of amides is 1. The van der Waals surface area contributed by atoms with Gasteiger partial charge in [0, 0.05) is 9.66 Å². The lowest BCUT2D eigenvalue weighted by Gasteiger charge is -2.21. The smallest absolute Gasteiger partial charge is 0.251 e. The molecule has 0 fully saturated rings. The van der Waals surface area contributed by atoms with Gasteiger partial charge in [-0.05, 0) is 46.2 Å². The minimum atomic E-state index is 0.0569. The van der Waals surface area contributed by atoms with Crippen LogP contribution in [0.25, 0.3) is 3.58 Å². The first-order valence-corrected chi connectivity index (χ1v) is 8.24. The Morgan fingerprint density at radius 2 is 1.59 bits per heavy atom. The van der Waals surface area contributed by atoms with Crippen LogP contribution in [0.3, 0.4) is 0 Å². The highest BCUT2D eigenvalue weighted by Gasteiger charge is 2.27. The molecule has 1 aliphatic rings. The van der Waals surface area contributed by atoms with E-state index < -0.39 is 0 Å². The van der Waals surface area contributed by atoms with Crippen molar-refractivity contribution >= 4 is 32.1 Å². The molecule has 0 spiro atoms. The molecule has 0 unspecified atom stereocenters. The number of carbonyl (C=O) groups is 1. The standard InChI is InChI=1S/C19H16INO/c1-14-12-17(22)21(13-15-8-4-2-5-9-15)19(14)18(20)16-10-6-3-7-11-16/h2-12H,13H2,1H3. The number of rotatable bonds is 3. The second kappa shape index (κ2) is 6.48. The van der Waals surface area contributed by atoms with Gasteiger partial charge in [-0.3, -0.25) is 4.79 Å². The maximum absolute atomic E-state index is 12.3. The van der Waals surface area contributed by atoms with E-state index in [0.717, 1.165) is 26.0 Å². The van der Waals surface area contributed by atoms with Gasteiger partial charge in [0.25, 0.3) is 5.91 Å². The van der Waals surface area contributed by atoms with Crippen molar-refractivity contribution in [1.82, 2.24) is 4.90 Å². The lowest BCUT2D eigenvalue weighted by Crippen LogP contribution is -2.24. The van der Waals surface area contributed by atoms with E-state index in [-0.39, 0.29) is 5.91 Å². The molecule has 0 bridgehead atoms. The lowest BCUT2D eigenvalue weighted by atomic mass is 10.1. The zero-order valence-corrected chi connectivity index (χ0v) is 14.4. The van der Waals surface area contributed by atoms with Crippen LogP contribution in [0, 0.1) is 0 Å². The van der Waals surface area contributed by atoms with Gasteiger partial charge >= 0.3 is 0 Å². The predicted molar refractivity (Wildman–Crippen MR) is 98.1 cm³/mol. The monoisotopic (exact) mass is 401 g/mol. The quantitative estimate of drug-likeness (QED) is 0.678. The number of allylic oxidation sites excluding steroid dienone is 1. The second-order valence-electron chi connectivity index (χ2n) is 5.27. The van der Waals surface area contributed by atoms with E-state index in [1.54, 1.807) is 6.08 Å². The van der Waals surface area contributed by atoms with Gasteiger partial charge in [0.1, 0.15) is 0 Å². The fourth-order valence-corrected chi connectivity index (χ4v) is 3.67. The summed E-state index contributed by atoms with van der Waals surface area (Å²) in [5.74, 6) is 0.0569. The molecule has 0 N–H and O–H groups in total. The molecular formula is C19H16INO. The van der Waals surface area contributed by atoms with Gasteiger partial charge < -0.3 is 4.90 Å². The first kappa shape index (κ1) is 15.0. The van der Waals surface area contributed by atoms with E-state index in [1.165, 1.54) is 0 Å². The minimum absolute atomic E-state index is 0.0569. The Balaban J connectivity index is 2.00. The maximum Gasteiger partial charge on any atom is 0.251 e. The minimum Gasteiger partial charge on any atom is -0.303 e. The van der Waals surface area contributed by atoms with Crippen LogP contribution >= 0.6 is 22.6 Å². The van der Waals surface area contributed by atoms with Crippen LogP contribution in [0.15, 0.2) is 78.0 Å². The Hall–Kier alpha value is -1.88. The van der Waals surface area contributed by atoms with E-state index in [2.05, 4.69) is 34.7 Å². The molecule has 0 aliphatic carbocycles. The number of benzene rings is 2. The largest absolute Gasteiger partial charge is 0.303 e. The Bertz CT molecular complexity index is 748. The second-order valence-corrected chi connectivity index (χ2v) is 6.34. The van der Waals surface area contributed by atoms with Crippen LogP contribution in [0.1, 0.15) is 18.1 Å². The van der Waals surface area contributed by atoms with Gasteiger partial charge in [0.2, 0.25) is 0 Å². The fourth-order valence-electron chi connectivity index (χ4n) is 2.59. The van der Waals surface area contributed by atoms with Gasteiger partial charge in [-0.1, -0.05) is 60.7 Å². The van der Waals surface area contributed by atoms with Crippen LogP contribution < -0.4 is 0 Å². The van der Waals surface area contributed by atoms with Crippen LogP contribution in [0.4, 0.5) is 0 Å². The fraction of sp³-hybridized carbons (Fsp3) is 0.105. The molecule has 1 amide bonds. The average Bonchev–Trinajstić information content (AvgIpc) is 2.82. The Labute approximate surface area is 144 Å². The normalized spacial score (nSPS) is 16.7. The molecule has 0 atom stereocenters. The van der Waals surface area contributed by atoms with Crippen molar-refractivity contribution in [3.8, 4) is 0 Å². The molecule has 22 heavy (non-hydrogen) atoms. The topological polar surface area (TPSA) is 20.3 Å². The van der Waals surface area contributed by atoms with Crippen molar-refractivity contribution in [2.45, 2.75) is 13.5 Å². The molecular weight excluding hydrogens is 385 g/mol. The molecule has 0 saturated carbocycles. The third kappa shape index (κ3) is 2.99. The SMILES string of the molecule is CC1=CC(=O)N(Cc2ccccc2)C1=C(I)c1ccccc1. The number of hydrogen-bond acceptors (Lipinski definition) is 1. The summed E-state index contributed by atoms with van der Waals surface area (Å²) in [5, 5.41) is 0. The lowest BCUT2D eigenvalue weighted by molar-refractivity contribution is -0.123. The maximum atomic E-state index is 12.3. The first-order valence-electron chi connectivity index (χ1n) is 7.16. The molecule has 0 saturated heterocycles. The highest BCUT2D eigenvalue weighted by atomic mass is 127. The first-order chi connectivity index (χ1) is 10.7. The molecule has 0 radical (unpaired) electrons. The zero-order chi connectivity index (χ0) is 15.5. The van der Waals surface area contributed by atoms with E-state index in [0.29, 0.717) is 6.54 Å². The third-order valence-corrected chi connectivity index (χ3v) is 4.80. The van der Waals surface area contributed by atoms with Crippen LogP contribution in [-0.4, -0.2) is 10.8 Å². The van der Waals surface area contributed by atoms with E-state index in [9.17, 15) is 4.79 Å². The van der Waals surface area contributed by atoms with E-state index >= 15 is 0 Å². The number of hydrogen-bond donors (Lipinski definition) is 0. The highest BCUT2D eigenvalue weighted by molar-refractivity contribution is 14.1. The van der Waals surface area contributed by atoms with Crippen LogP contribution in [-0.2, 0) is 11.3 Å². The summed E-state index contributed by atoms with van der Waals surface area (Å²) < 4.78 is 1.11. The Morgan fingerprint density at radius 3 is 2.23 bits per heavy atom. The molecule has 110 valence electrons. The molecule has 3 heteroatoms.